The summed E-state index contributed by atoms with van der Waals surface area (Å²) in [4.78, 5) is 20.2. The van der Waals surface area contributed by atoms with E-state index < -0.39 is 0 Å². The van der Waals surface area contributed by atoms with E-state index in [0.29, 0.717) is 12.1 Å². The molecule has 2 aromatic heterocycles. The number of benzene rings is 1. The van der Waals surface area contributed by atoms with Gasteiger partial charge < -0.3 is 14.4 Å². The highest BCUT2D eigenvalue weighted by molar-refractivity contribution is 5.41. The van der Waals surface area contributed by atoms with Crippen LogP contribution in [-0.4, -0.2) is 39.8 Å². The van der Waals surface area contributed by atoms with Gasteiger partial charge in [0.1, 0.15) is 11.5 Å². The molecular weight excluding hydrogens is 390 g/mol. The fourth-order valence-electron chi connectivity index (χ4n) is 4.42. The Morgan fingerprint density at radius 2 is 1.74 bits per heavy atom. The highest BCUT2D eigenvalue weighted by Gasteiger charge is 2.30. The second kappa shape index (κ2) is 9.35. The Morgan fingerprint density at radius 1 is 1.06 bits per heavy atom. The van der Waals surface area contributed by atoms with Gasteiger partial charge in [0.25, 0.3) is 5.56 Å². The minimum atomic E-state index is -0.293. The summed E-state index contributed by atoms with van der Waals surface area (Å²) in [6, 6.07) is 13.0. The predicted molar refractivity (Wildman–Crippen MR) is 121 cm³/mol. The Hall–Kier alpha value is -3.12. The summed E-state index contributed by atoms with van der Waals surface area (Å²) in [6.45, 7) is 4.10. The van der Waals surface area contributed by atoms with Crippen molar-refractivity contribution in [2.45, 2.75) is 38.8 Å². The van der Waals surface area contributed by atoms with Crippen LogP contribution >= 0.6 is 0 Å². The van der Waals surface area contributed by atoms with Gasteiger partial charge in [-0.3, -0.25) is 14.7 Å². The fourth-order valence-corrected chi connectivity index (χ4v) is 4.42. The van der Waals surface area contributed by atoms with Crippen molar-refractivity contribution in [1.29, 1.82) is 0 Å². The molecule has 1 aliphatic heterocycles. The van der Waals surface area contributed by atoms with Crippen LogP contribution in [0.15, 0.2) is 59.7 Å². The summed E-state index contributed by atoms with van der Waals surface area (Å²) in [5.41, 5.74) is 2.99. The number of methoxy groups -OCH3 is 1. The lowest BCUT2D eigenvalue weighted by atomic mass is 9.95. The SMILES string of the molecule is COc1ccc(Cn2c(C)cc(O)c(C(c3ccncc3)N3CCCCC3)c2=O)cc1. The minimum Gasteiger partial charge on any atom is -0.507 e. The highest BCUT2D eigenvalue weighted by atomic mass is 16.5. The number of aromatic hydroxyl groups is 1. The van der Waals surface area contributed by atoms with Crippen molar-refractivity contribution in [2.24, 2.45) is 0 Å². The third-order valence-corrected chi connectivity index (χ3v) is 6.07. The van der Waals surface area contributed by atoms with Crippen molar-refractivity contribution in [1.82, 2.24) is 14.5 Å². The number of nitrogens with zero attached hydrogens (tertiary/aromatic N) is 3. The normalized spacial score (nSPS) is 15.5. The van der Waals surface area contributed by atoms with Crippen LogP contribution in [0.3, 0.4) is 0 Å². The van der Waals surface area contributed by atoms with E-state index in [9.17, 15) is 9.90 Å². The summed E-state index contributed by atoms with van der Waals surface area (Å²) < 4.78 is 6.98. The molecule has 0 amide bonds. The quantitative estimate of drug-likeness (QED) is 0.657. The molecule has 162 valence electrons. The van der Waals surface area contributed by atoms with E-state index in [2.05, 4.69) is 9.88 Å². The number of likely N-dealkylation sites (tertiary alicyclic amines) is 1. The van der Waals surface area contributed by atoms with Crippen LogP contribution in [0.25, 0.3) is 0 Å². The molecule has 6 nitrogen and oxygen atoms in total. The summed E-state index contributed by atoms with van der Waals surface area (Å²) in [7, 11) is 1.63. The summed E-state index contributed by atoms with van der Waals surface area (Å²) >= 11 is 0. The van der Waals surface area contributed by atoms with Crippen LogP contribution in [0.5, 0.6) is 11.5 Å². The van der Waals surface area contributed by atoms with Crippen LogP contribution in [-0.2, 0) is 6.54 Å². The topological polar surface area (TPSA) is 67.6 Å². The lowest BCUT2D eigenvalue weighted by Gasteiger charge is -2.35. The number of pyridine rings is 2. The molecule has 0 spiro atoms. The largest absolute Gasteiger partial charge is 0.507 e. The number of hydrogen-bond donors (Lipinski definition) is 1. The molecular formula is C25H29N3O3. The van der Waals surface area contributed by atoms with Crippen molar-refractivity contribution in [3.8, 4) is 11.5 Å². The first-order chi connectivity index (χ1) is 15.1. The third-order valence-electron chi connectivity index (χ3n) is 6.07. The molecule has 6 heteroatoms. The van der Waals surface area contributed by atoms with Crippen LogP contribution in [0, 0.1) is 6.92 Å². The maximum absolute atomic E-state index is 13.7. The predicted octanol–water partition coefficient (Wildman–Crippen LogP) is 3.89. The molecule has 3 heterocycles. The lowest BCUT2D eigenvalue weighted by Crippen LogP contribution is -2.38. The van der Waals surface area contributed by atoms with E-state index >= 15 is 0 Å². The Kier molecular flexibility index (Phi) is 6.37. The molecule has 1 saturated heterocycles. The average Bonchev–Trinajstić information content (AvgIpc) is 2.81. The van der Waals surface area contributed by atoms with E-state index in [0.717, 1.165) is 48.5 Å². The lowest BCUT2D eigenvalue weighted by molar-refractivity contribution is 0.183. The molecule has 1 atom stereocenters. The van der Waals surface area contributed by atoms with Crippen molar-refractivity contribution < 1.29 is 9.84 Å². The third kappa shape index (κ3) is 4.49. The zero-order valence-corrected chi connectivity index (χ0v) is 18.1. The molecule has 0 saturated carbocycles. The first-order valence-corrected chi connectivity index (χ1v) is 10.8. The Labute approximate surface area is 182 Å². The van der Waals surface area contributed by atoms with Gasteiger partial charge in [0, 0.05) is 18.1 Å². The van der Waals surface area contributed by atoms with Crippen LogP contribution in [0.4, 0.5) is 0 Å². The average molecular weight is 420 g/mol. The molecule has 1 aromatic carbocycles. The summed E-state index contributed by atoms with van der Waals surface area (Å²) in [5.74, 6) is 0.836. The number of hydrogen-bond acceptors (Lipinski definition) is 5. The first kappa shape index (κ1) is 21.1. The van der Waals surface area contributed by atoms with Gasteiger partial charge in [-0.25, -0.2) is 0 Å². The second-order valence-corrected chi connectivity index (χ2v) is 8.10. The molecule has 1 aliphatic rings. The molecule has 0 bridgehead atoms. The second-order valence-electron chi connectivity index (χ2n) is 8.10. The molecule has 1 unspecified atom stereocenters. The zero-order valence-electron chi connectivity index (χ0n) is 18.1. The number of aromatic nitrogens is 2. The van der Waals surface area contributed by atoms with Gasteiger partial charge in [0.2, 0.25) is 0 Å². The number of aryl methyl sites for hydroxylation is 1. The Morgan fingerprint density at radius 3 is 2.39 bits per heavy atom. The summed E-state index contributed by atoms with van der Waals surface area (Å²) in [6.07, 6.45) is 6.87. The minimum absolute atomic E-state index is 0.0564. The van der Waals surface area contributed by atoms with Gasteiger partial charge in [-0.1, -0.05) is 18.6 Å². The van der Waals surface area contributed by atoms with E-state index in [4.69, 9.17) is 4.74 Å². The Bertz CT molecular complexity index is 1070. The zero-order chi connectivity index (χ0) is 21.8. The molecule has 1 fully saturated rings. The van der Waals surface area contributed by atoms with E-state index in [1.807, 2.05) is 43.3 Å². The van der Waals surface area contributed by atoms with E-state index in [-0.39, 0.29) is 17.4 Å². The van der Waals surface area contributed by atoms with Gasteiger partial charge in [0.05, 0.1) is 25.3 Å². The highest BCUT2D eigenvalue weighted by Crippen LogP contribution is 2.34. The van der Waals surface area contributed by atoms with Crippen molar-refractivity contribution in [2.75, 3.05) is 20.2 Å². The smallest absolute Gasteiger partial charge is 0.259 e. The molecule has 1 N–H and O–H groups in total. The molecule has 0 aliphatic carbocycles. The molecule has 3 aromatic rings. The van der Waals surface area contributed by atoms with Gasteiger partial charge in [-0.15, -0.1) is 0 Å². The Balaban J connectivity index is 1.79. The van der Waals surface area contributed by atoms with E-state index in [1.54, 1.807) is 30.1 Å². The maximum atomic E-state index is 13.7. The van der Waals surface area contributed by atoms with Crippen LogP contribution < -0.4 is 10.3 Å². The molecule has 0 radical (unpaired) electrons. The van der Waals surface area contributed by atoms with Gasteiger partial charge in [-0.2, -0.15) is 0 Å². The van der Waals surface area contributed by atoms with Crippen molar-refractivity contribution in [3.63, 3.8) is 0 Å². The summed E-state index contributed by atoms with van der Waals surface area (Å²) in [5, 5.41) is 10.9. The number of ether oxygens (including phenoxy) is 1. The van der Waals surface area contributed by atoms with E-state index in [1.165, 1.54) is 6.42 Å². The van der Waals surface area contributed by atoms with Crippen LogP contribution in [0.2, 0.25) is 0 Å². The van der Waals surface area contributed by atoms with Gasteiger partial charge >= 0.3 is 0 Å². The molecule has 31 heavy (non-hydrogen) atoms. The fraction of sp³-hybridized carbons (Fsp3) is 0.360. The first-order valence-electron chi connectivity index (χ1n) is 10.8. The molecule has 4 rings (SSSR count). The van der Waals surface area contributed by atoms with Gasteiger partial charge in [-0.05, 0) is 74.3 Å². The number of piperidine rings is 1. The maximum Gasteiger partial charge on any atom is 0.259 e. The number of rotatable bonds is 6. The van der Waals surface area contributed by atoms with Crippen LogP contribution in [0.1, 0.15) is 47.7 Å². The standard InChI is InChI=1S/C25H29N3O3/c1-18-16-22(29)23(25(30)28(18)17-19-6-8-21(31-2)9-7-19)24(20-10-12-26-13-11-20)27-14-4-3-5-15-27/h6-13,16,24,29H,3-5,14-15,17H2,1-2H3. The van der Waals surface area contributed by atoms with Crippen molar-refractivity contribution in [3.05, 3.63) is 87.6 Å². The monoisotopic (exact) mass is 419 g/mol. The van der Waals surface area contributed by atoms with Crippen molar-refractivity contribution >= 4 is 0 Å². The van der Waals surface area contributed by atoms with Gasteiger partial charge in [0.15, 0.2) is 0 Å².